The van der Waals surface area contributed by atoms with E-state index in [4.69, 9.17) is 4.74 Å². The maximum absolute atomic E-state index is 12.8. The van der Waals surface area contributed by atoms with Crippen molar-refractivity contribution in [3.05, 3.63) is 35.9 Å². The molecular weight excluding hydrogens is 384 g/mol. The average Bonchev–Trinajstić information content (AvgIpc) is 3.18. The molecule has 0 aromatic carbocycles. The Bertz CT molecular complexity index is 898. The quantitative estimate of drug-likeness (QED) is 0.705. The number of pyridine rings is 1. The van der Waals surface area contributed by atoms with E-state index < -0.39 is 0 Å². The zero-order chi connectivity index (χ0) is 20.9. The highest BCUT2D eigenvalue weighted by atomic mass is 16.5. The van der Waals surface area contributed by atoms with Gasteiger partial charge in [-0.15, -0.1) is 5.10 Å². The third kappa shape index (κ3) is 4.77. The Balaban J connectivity index is 1.52. The van der Waals surface area contributed by atoms with Crippen molar-refractivity contribution in [2.75, 3.05) is 13.2 Å². The van der Waals surface area contributed by atoms with E-state index in [2.05, 4.69) is 20.6 Å². The topological polar surface area (TPSA) is 102 Å². The van der Waals surface area contributed by atoms with Gasteiger partial charge in [-0.3, -0.25) is 14.3 Å². The van der Waals surface area contributed by atoms with Crippen LogP contribution in [0.25, 0.3) is 0 Å². The summed E-state index contributed by atoms with van der Waals surface area (Å²) >= 11 is 0. The van der Waals surface area contributed by atoms with E-state index in [0.29, 0.717) is 37.6 Å². The van der Waals surface area contributed by atoms with Crippen molar-refractivity contribution in [1.29, 1.82) is 0 Å². The van der Waals surface area contributed by atoms with Gasteiger partial charge in [-0.25, -0.2) is 4.98 Å². The third-order valence-electron chi connectivity index (χ3n) is 5.72. The molecule has 2 aromatic heterocycles. The number of amides is 2. The standard InChI is InChI=1S/C21H28N6O3/c1-15-13-16-8-11-27(15)19(28)7-2-5-17-14-26(25-24-17)10-4-12-30-18-6-3-9-22-20(18)21(29)23-16/h3,6,9,14-16H,2,4-5,7-8,10-13H2,1H3,(H,23,29)/t15-,16-/m1/s1. The molecular formula is C21H28N6O3. The molecule has 2 amide bonds. The van der Waals surface area contributed by atoms with Crippen LogP contribution in [0, 0.1) is 0 Å². The zero-order valence-electron chi connectivity index (χ0n) is 17.3. The number of piperidine rings is 1. The van der Waals surface area contributed by atoms with Crippen molar-refractivity contribution >= 4 is 11.8 Å². The van der Waals surface area contributed by atoms with E-state index in [9.17, 15) is 9.59 Å². The van der Waals surface area contributed by atoms with E-state index in [0.717, 1.165) is 37.8 Å². The molecule has 9 heteroatoms. The third-order valence-corrected chi connectivity index (χ3v) is 5.72. The van der Waals surface area contributed by atoms with Gasteiger partial charge in [0.1, 0.15) is 0 Å². The lowest BCUT2D eigenvalue weighted by Crippen LogP contribution is -2.51. The van der Waals surface area contributed by atoms with E-state index in [1.807, 2.05) is 18.0 Å². The molecule has 1 saturated heterocycles. The molecule has 0 saturated carbocycles. The Hall–Kier alpha value is -2.97. The maximum Gasteiger partial charge on any atom is 0.273 e. The van der Waals surface area contributed by atoms with Gasteiger partial charge in [0.2, 0.25) is 5.91 Å². The molecule has 5 heterocycles. The number of aryl methyl sites for hydroxylation is 2. The maximum atomic E-state index is 12.8. The number of nitrogens with one attached hydrogen (secondary N) is 1. The normalized spacial score (nSPS) is 23.6. The van der Waals surface area contributed by atoms with E-state index >= 15 is 0 Å². The first-order valence-corrected chi connectivity index (χ1v) is 10.7. The molecule has 3 aliphatic rings. The van der Waals surface area contributed by atoms with Gasteiger partial charge in [0, 0.05) is 50.4 Å². The smallest absolute Gasteiger partial charge is 0.273 e. The molecule has 0 aliphatic carbocycles. The SMILES string of the molecule is C[C@@H]1C[C@H]2CCN1C(=O)CCCc1cn(nn1)CCCOc1cccnc1C(=O)N2. The van der Waals surface area contributed by atoms with E-state index in [1.165, 1.54) is 0 Å². The lowest BCUT2D eigenvalue weighted by molar-refractivity contribution is -0.134. The van der Waals surface area contributed by atoms with E-state index in [1.54, 1.807) is 23.0 Å². The van der Waals surface area contributed by atoms with Crippen molar-refractivity contribution in [2.24, 2.45) is 0 Å². The monoisotopic (exact) mass is 412 g/mol. The van der Waals surface area contributed by atoms with Crippen LogP contribution in [-0.4, -0.2) is 61.9 Å². The number of hydrogen-bond donors (Lipinski definition) is 1. The Morgan fingerprint density at radius 1 is 1.20 bits per heavy atom. The highest BCUT2D eigenvalue weighted by Gasteiger charge is 2.30. The van der Waals surface area contributed by atoms with Crippen molar-refractivity contribution in [2.45, 2.75) is 64.1 Å². The Kier molecular flexibility index (Phi) is 6.25. The van der Waals surface area contributed by atoms with Gasteiger partial charge in [0.15, 0.2) is 11.4 Å². The Morgan fingerprint density at radius 2 is 2.10 bits per heavy atom. The number of rotatable bonds is 0. The summed E-state index contributed by atoms with van der Waals surface area (Å²) in [5.41, 5.74) is 1.20. The molecule has 30 heavy (non-hydrogen) atoms. The molecule has 160 valence electrons. The van der Waals surface area contributed by atoms with Gasteiger partial charge >= 0.3 is 0 Å². The summed E-state index contributed by atoms with van der Waals surface area (Å²) in [6.45, 7) is 3.80. The fourth-order valence-electron chi connectivity index (χ4n) is 4.14. The number of carbonyl (C=O) groups is 2. The Labute approximate surface area is 175 Å². The van der Waals surface area contributed by atoms with Gasteiger partial charge in [-0.1, -0.05) is 5.21 Å². The van der Waals surface area contributed by atoms with Crippen molar-refractivity contribution in [3.8, 4) is 5.75 Å². The lowest BCUT2D eigenvalue weighted by atomic mass is 9.97. The van der Waals surface area contributed by atoms with Crippen molar-refractivity contribution in [3.63, 3.8) is 0 Å². The number of carbonyl (C=O) groups excluding carboxylic acids is 2. The molecule has 1 N–H and O–H groups in total. The highest BCUT2D eigenvalue weighted by Crippen LogP contribution is 2.21. The summed E-state index contributed by atoms with van der Waals surface area (Å²) < 4.78 is 7.64. The van der Waals surface area contributed by atoms with Crippen LogP contribution >= 0.6 is 0 Å². The van der Waals surface area contributed by atoms with Crippen LogP contribution in [0.3, 0.4) is 0 Å². The van der Waals surface area contributed by atoms with Crippen LogP contribution < -0.4 is 10.1 Å². The number of hydrogen-bond acceptors (Lipinski definition) is 6. The van der Waals surface area contributed by atoms with Crippen molar-refractivity contribution < 1.29 is 14.3 Å². The molecule has 2 atom stereocenters. The van der Waals surface area contributed by atoms with Crippen LogP contribution in [0.4, 0.5) is 0 Å². The minimum absolute atomic E-state index is 0.0163. The second-order valence-corrected chi connectivity index (χ2v) is 8.01. The number of nitrogens with zero attached hydrogens (tertiary/aromatic N) is 5. The minimum Gasteiger partial charge on any atom is -0.491 e. The van der Waals surface area contributed by atoms with E-state index in [-0.39, 0.29) is 23.9 Å². The first-order chi connectivity index (χ1) is 14.6. The number of ether oxygens (including phenoxy) is 1. The molecule has 4 bridgehead atoms. The summed E-state index contributed by atoms with van der Waals surface area (Å²) in [6, 6.07) is 3.63. The average molecular weight is 412 g/mol. The van der Waals surface area contributed by atoms with Gasteiger partial charge < -0.3 is 15.0 Å². The predicted octanol–water partition coefficient (Wildman–Crippen LogP) is 1.59. The van der Waals surface area contributed by atoms with Gasteiger partial charge in [0.25, 0.3) is 5.91 Å². The number of aromatic nitrogens is 4. The molecule has 9 nitrogen and oxygen atoms in total. The second-order valence-electron chi connectivity index (χ2n) is 8.01. The minimum atomic E-state index is -0.235. The molecule has 0 radical (unpaired) electrons. The summed E-state index contributed by atoms with van der Waals surface area (Å²) in [7, 11) is 0. The van der Waals surface area contributed by atoms with Crippen LogP contribution in [0.5, 0.6) is 5.75 Å². The molecule has 3 aliphatic heterocycles. The molecule has 1 fully saturated rings. The van der Waals surface area contributed by atoms with Crippen molar-refractivity contribution in [1.82, 2.24) is 30.2 Å². The first-order valence-electron chi connectivity index (χ1n) is 10.7. The van der Waals surface area contributed by atoms with Crippen LogP contribution in [0.15, 0.2) is 24.5 Å². The fraction of sp³-hybridized carbons (Fsp3) is 0.571. The summed E-state index contributed by atoms with van der Waals surface area (Å²) in [5, 5.41) is 11.4. The molecule has 5 rings (SSSR count). The second kappa shape index (κ2) is 9.23. The Morgan fingerprint density at radius 3 is 2.97 bits per heavy atom. The molecule has 2 aromatic rings. The van der Waals surface area contributed by atoms with Gasteiger partial charge in [-0.2, -0.15) is 0 Å². The highest BCUT2D eigenvalue weighted by molar-refractivity contribution is 5.95. The van der Waals surface area contributed by atoms with Crippen LogP contribution in [0.1, 0.15) is 55.2 Å². The number of fused-ring (bicyclic) bond motifs is 9. The zero-order valence-corrected chi connectivity index (χ0v) is 17.3. The van der Waals surface area contributed by atoms with Crippen LogP contribution in [-0.2, 0) is 17.8 Å². The largest absolute Gasteiger partial charge is 0.491 e. The fourth-order valence-corrected chi connectivity index (χ4v) is 4.14. The molecule has 0 unspecified atom stereocenters. The summed E-state index contributed by atoms with van der Waals surface area (Å²) in [5.74, 6) is 0.410. The summed E-state index contributed by atoms with van der Waals surface area (Å²) in [4.78, 5) is 31.7. The first kappa shape index (κ1) is 20.3. The van der Waals surface area contributed by atoms with Gasteiger partial charge in [-0.05, 0) is 44.7 Å². The van der Waals surface area contributed by atoms with Gasteiger partial charge in [0.05, 0.1) is 12.3 Å². The lowest BCUT2D eigenvalue weighted by Gasteiger charge is -2.38. The predicted molar refractivity (Wildman–Crippen MR) is 109 cm³/mol. The summed E-state index contributed by atoms with van der Waals surface area (Å²) in [6.07, 6.45) is 7.71. The molecule has 0 spiro atoms. The van der Waals surface area contributed by atoms with Crippen LogP contribution in [0.2, 0.25) is 0 Å².